The highest BCUT2D eigenvalue weighted by Gasteiger charge is 2.26. The number of carbonyl (C=O) groups excluding carboxylic acids is 2. The van der Waals surface area contributed by atoms with E-state index >= 15 is 0 Å². The minimum Gasteiger partial charge on any atom is -0.366 e. The van der Waals surface area contributed by atoms with Gasteiger partial charge in [-0.05, 0) is 57.2 Å². The van der Waals surface area contributed by atoms with Crippen LogP contribution in [0.15, 0.2) is 36.4 Å². The molecule has 0 aliphatic carbocycles. The van der Waals surface area contributed by atoms with Gasteiger partial charge < -0.3 is 9.80 Å². The van der Waals surface area contributed by atoms with Crippen molar-refractivity contribution in [3.05, 3.63) is 69.9 Å². The van der Waals surface area contributed by atoms with E-state index in [1.165, 1.54) is 13.0 Å². The lowest BCUT2D eigenvalue weighted by Gasteiger charge is -2.36. The Labute approximate surface area is 190 Å². The lowest BCUT2D eigenvalue weighted by atomic mass is 10.1. The second-order valence-corrected chi connectivity index (χ2v) is 8.25. The number of aryl methyl sites for hydroxylation is 2. The van der Waals surface area contributed by atoms with Gasteiger partial charge in [-0.2, -0.15) is 5.10 Å². The number of halogens is 2. The number of amides is 1. The largest absolute Gasteiger partial charge is 0.366 e. The van der Waals surface area contributed by atoms with Crippen LogP contribution in [0.25, 0.3) is 5.82 Å². The molecule has 2 aromatic heterocycles. The highest BCUT2D eigenvalue weighted by molar-refractivity contribution is 6.33. The summed E-state index contributed by atoms with van der Waals surface area (Å²) in [5, 5.41) is 4.69. The molecule has 1 aliphatic rings. The zero-order chi connectivity index (χ0) is 23.0. The van der Waals surface area contributed by atoms with E-state index in [9.17, 15) is 14.0 Å². The third kappa shape index (κ3) is 4.23. The van der Waals surface area contributed by atoms with Gasteiger partial charge in [0.1, 0.15) is 11.5 Å². The number of Topliss-reactive ketones (excluding diaryl/α,β-unsaturated/α-hetero) is 1. The molecule has 9 heteroatoms. The summed E-state index contributed by atoms with van der Waals surface area (Å²) in [5.74, 6) is -0.377. The van der Waals surface area contributed by atoms with Crippen molar-refractivity contribution in [2.45, 2.75) is 20.8 Å². The second-order valence-electron chi connectivity index (χ2n) is 7.84. The predicted octanol–water partition coefficient (Wildman–Crippen LogP) is 3.84. The summed E-state index contributed by atoms with van der Waals surface area (Å²) in [5.41, 5.74) is 2.68. The summed E-state index contributed by atoms with van der Waals surface area (Å²) in [6.45, 7) is 6.92. The Morgan fingerprint density at radius 1 is 1.03 bits per heavy atom. The molecule has 1 saturated heterocycles. The van der Waals surface area contributed by atoms with Crippen molar-refractivity contribution < 1.29 is 14.0 Å². The van der Waals surface area contributed by atoms with Crippen molar-refractivity contribution in [1.29, 1.82) is 0 Å². The van der Waals surface area contributed by atoms with Crippen molar-refractivity contribution in [2.75, 3.05) is 31.1 Å². The first-order chi connectivity index (χ1) is 15.2. The van der Waals surface area contributed by atoms with Crippen molar-refractivity contribution in [2.24, 2.45) is 0 Å². The number of aromatic nitrogens is 3. The number of hydrogen-bond donors (Lipinski definition) is 0. The molecule has 0 bridgehead atoms. The number of carbonyl (C=O) groups is 2. The molecule has 166 valence electrons. The molecule has 0 saturated carbocycles. The van der Waals surface area contributed by atoms with E-state index in [2.05, 4.69) is 10.1 Å². The fourth-order valence-corrected chi connectivity index (χ4v) is 4.03. The van der Waals surface area contributed by atoms with Gasteiger partial charge >= 0.3 is 0 Å². The van der Waals surface area contributed by atoms with Gasteiger partial charge in [0.25, 0.3) is 5.91 Å². The van der Waals surface area contributed by atoms with Gasteiger partial charge in [0.15, 0.2) is 11.6 Å². The van der Waals surface area contributed by atoms with E-state index in [0.717, 1.165) is 11.4 Å². The van der Waals surface area contributed by atoms with Crippen LogP contribution in [0, 0.1) is 19.7 Å². The summed E-state index contributed by atoms with van der Waals surface area (Å²) < 4.78 is 16.2. The van der Waals surface area contributed by atoms with Crippen molar-refractivity contribution >= 4 is 29.0 Å². The Morgan fingerprint density at radius 3 is 2.34 bits per heavy atom. The standard InChI is InChI=1S/C23H23ClFN5O2/c1-14-12-15(2)30(27-14)21-7-5-18(24)22(26-21)23(32)29-10-8-28(9-11-29)20-6-4-17(16(3)31)13-19(20)25/h4-7,12-13H,8-11H2,1-3H3. The fourth-order valence-electron chi connectivity index (χ4n) is 3.84. The average molecular weight is 456 g/mol. The first kappa shape index (κ1) is 22.0. The maximum Gasteiger partial charge on any atom is 0.274 e. The highest BCUT2D eigenvalue weighted by Crippen LogP contribution is 2.24. The lowest BCUT2D eigenvalue weighted by molar-refractivity contribution is 0.0740. The predicted molar refractivity (Wildman–Crippen MR) is 120 cm³/mol. The number of benzene rings is 1. The van der Waals surface area contributed by atoms with Gasteiger partial charge in [0.05, 0.1) is 16.4 Å². The summed E-state index contributed by atoms with van der Waals surface area (Å²) in [6.07, 6.45) is 0. The summed E-state index contributed by atoms with van der Waals surface area (Å²) >= 11 is 6.30. The molecule has 1 aliphatic heterocycles. The molecule has 0 radical (unpaired) electrons. The molecule has 1 aromatic carbocycles. The quantitative estimate of drug-likeness (QED) is 0.559. The van der Waals surface area contributed by atoms with Crippen LogP contribution in [-0.4, -0.2) is 57.5 Å². The Hall–Kier alpha value is -3.26. The molecular formula is C23H23ClFN5O2. The highest BCUT2D eigenvalue weighted by atomic mass is 35.5. The van der Waals surface area contributed by atoms with Crippen LogP contribution in [0.2, 0.25) is 5.02 Å². The topological polar surface area (TPSA) is 71.3 Å². The molecule has 0 atom stereocenters. The van der Waals surface area contributed by atoms with Crippen LogP contribution in [0.3, 0.4) is 0 Å². The van der Waals surface area contributed by atoms with Gasteiger partial charge in [0.2, 0.25) is 0 Å². The number of hydrogen-bond acceptors (Lipinski definition) is 5. The first-order valence-electron chi connectivity index (χ1n) is 10.3. The number of ketones is 1. The third-order valence-corrected chi connectivity index (χ3v) is 5.83. The fraction of sp³-hybridized carbons (Fsp3) is 0.304. The van der Waals surface area contributed by atoms with Crippen LogP contribution in [-0.2, 0) is 0 Å². The van der Waals surface area contributed by atoms with Crippen LogP contribution in [0.5, 0.6) is 0 Å². The normalized spacial score (nSPS) is 14.0. The Bertz CT molecular complexity index is 1200. The smallest absolute Gasteiger partial charge is 0.274 e. The molecule has 0 N–H and O–H groups in total. The lowest BCUT2D eigenvalue weighted by Crippen LogP contribution is -2.49. The van der Waals surface area contributed by atoms with Gasteiger partial charge in [-0.25, -0.2) is 14.1 Å². The Morgan fingerprint density at radius 2 is 1.75 bits per heavy atom. The molecule has 1 amide bonds. The molecule has 32 heavy (non-hydrogen) atoms. The van der Waals surface area contributed by atoms with Crippen LogP contribution in [0.4, 0.5) is 10.1 Å². The molecule has 3 aromatic rings. The van der Waals surface area contributed by atoms with Crippen molar-refractivity contribution in [3.63, 3.8) is 0 Å². The van der Waals surface area contributed by atoms with E-state index in [-0.39, 0.29) is 22.4 Å². The molecule has 0 unspecified atom stereocenters. The zero-order valence-corrected chi connectivity index (χ0v) is 18.9. The van der Waals surface area contributed by atoms with Crippen LogP contribution >= 0.6 is 11.6 Å². The first-order valence-corrected chi connectivity index (χ1v) is 10.7. The average Bonchev–Trinajstić information content (AvgIpc) is 3.11. The summed E-state index contributed by atoms with van der Waals surface area (Å²) in [7, 11) is 0. The van der Waals surface area contributed by atoms with E-state index in [1.807, 2.05) is 24.8 Å². The van der Waals surface area contributed by atoms with Crippen LogP contribution < -0.4 is 4.90 Å². The van der Waals surface area contributed by atoms with Gasteiger partial charge in [-0.1, -0.05) is 11.6 Å². The summed E-state index contributed by atoms with van der Waals surface area (Å²) in [4.78, 5) is 32.6. The molecule has 4 rings (SSSR count). The number of nitrogens with zero attached hydrogens (tertiary/aromatic N) is 5. The van der Waals surface area contributed by atoms with Crippen LogP contribution in [0.1, 0.15) is 39.2 Å². The number of pyridine rings is 1. The minimum absolute atomic E-state index is 0.169. The second kappa shape index (κ2) is 8.70. The van der Waals surface area contributed by atoms with Crippen molar-refractivity contribution in [1.82, 2.24) is 19.7 Å². The molecule has 1 fully saturated rings. The maximum absolute atomic E-state index is 14.5. The monoisotopic (exact) mass is 455 g/mol. The number of rotatable bonds is 4. The maximum atomic E-state index is 14.5. The molecule has 0 spiro atoms. The van der Waals surface area contributed by atoms with E-state index in [4.69, 9.17) is 11.6 Å². The van der Waals surface area contributed by atoms with Crippen molar-refractivity contribution in [3.8, 4) is 5.82 Å². The minimum atomic E-state index is -0.445. The van der Waals surface area contributed by atoms with E-state index < -0.39 is 5.82 Å². The zero-order valence-electron chi connectivity index (χ0n) is 18.1. The van der Waals surface area contributed by atoms with Gasteiger partial charge in [-0.3, -0.25) is 9.59 Å². The van der Waals surface area contributed by atoms with Gasteiger partial charge in [-0.15, -0.1) is 0 Å². The molecular weight excluding hydrogens is 433 g/mol. The molecule has 7 nitrogen and oxygen atoms in total. The van der Waals surface area contributed by atoms with Gasteiger partial charge in [0, 0.05) is 37.4 Å². The molecule has 3 heterocycles. The summed E-state index contributed by atoms with van der Waals surface area (Å²) in [6, 6.07) is 9.79. The number of piperazine rings is 1. The van der Waals surface area contributed by atoms with E-state index in [0.29, 0.717) is 43.2 Å². The SMILES string of the molecule is CC(=O)c1ccc(N2CCN(C(=O)c3nc(-n4nc(C)cc4C)ccc3Cl)CC2)c(F)c1. The Balaban J connectivity index is 1.50. The third-order valence-electron chi connectivity index (χ3n) is 5.52. The number of anilines is 1. The van der Waals surface area contributed by atoms with E-state index in [1.54, 1.807) is 33.8 Å². The Kier molecular flexibility index (Phi) is 5.97.